The Bertz CT molecular complexity index is 1950. The molecule has 56 heavy (non-hydrogen) atoms. The van der Waals surface area contributed by atoms with Crippen molar-refractivity contribution in [2.24, 2.45) is 5.92 Å². The molecule has 17 nitrogen and oxygen atoms in total. The molecule has 306 valence electrons. The average Bonchev–Trinajstić information content (AvgIpc) is 3.50. The van der Waals surface area contributed by atoms with Gasteiger partial charge in [-0.2, -0.15) is 4.31 Å². The van der Waals surface area contributed by atoms with E-state index in [0.29, 0.717) is 5.69 Å². The molecule has 6 rings (SSSR count). The van der Waals surface area contributed by atoms with Gasteiger partial charge in [0.25, 0.3) is 5.92 Å². The van der Waals surface area contributed by atoms with Crippen molar-refractivity contribution in [2.45, 2.75) is 62.2 Å². The van der Waals surface area contributed by atoms with Gasteiger partial charge in [0.1, 0.15) is 41.5 Å². The van der Waals surface area contributed by atoms with Crippen molar-refractivity contribution in [3.05, 3.63) is 41.0 Å². The Hall–Kier alpha value is -4.53. The second-order valence-corrected chi connectivity index (χ2v) is 17.1. The summed E-state index contributed by atoms with van der Waals surface area (Å²) in [4.78, 5) is 57.6. The maximum absolute atomic E-state index is 16.0. The number of cyclic esters (lactones) is 1. The minimum atomic E-state index is -4.02. The Labute approximate surface area is 327 Å². The van der Waals surface area contributed by atoms with Gasteiger partial charge >= 0.3 is 12.2 Å². The molecule has 4 aliphatic heterocycles. The van der Waals surface area contributed by atoms with Crippen molar-refractivity contribution >= 4 is 57.1 Å². The second kappa shape index (κ2) is 16.1. The number of halogens is 3. The van der Waals surface area contributed by atoms with Crippen LogP contribution in [-0.2, 0) is 35.0 Å². The number of fused-ring (bicyclic) bond motifs is 3. The van der Waals surface area contributed by atoms with Crippen LogP contribution < -0.4 is 25.2 Å². The van der Waals surface area contributed by atoms with Crippen LogP contribution in [0.15, 0.2) is 35.2 Å². The summed E-state index contributed by atoms with van der Waals surface area (Å²) in [5, 5.41) is 14.1. The van der Waals surface area contributed by atoms with Crippen LogP contribution in [0.5, 0.6) is 5.75 Å². The van der Waals surface area contributed by atoms with E-state index in [1.54, 1.807) is 25.7 Å². The molecule has 0 spiro atoms. The van der Waals surface area contributed by atoms with E-state index in [1.807, 2.05) is 0 Å². The molecule has 5 heterocycles. The first-order valence-corrected chi connectivity index (χ1v) is 19.9. The molecule has 3 fully saturated rings. The van der Waals surface area contributed by atoms with E-state index in [-0.39, 0.29) is 99.0 Å². The van der Waals surface area contributed by atoms with E-state index >= 15 is 8.78 Å². The third-order valence-corrected chi connectivity index (χ3v) is 12.0. The van der Waals surface area contributed by atoms with Gasteiger partial charge in [-0.25, -0.2) is 31.8 Å². The number of alkyl halides is 2. The number of pyridine rings is 1. The molecule has 3 N–H and O–H groups in total. The molecule has 0 saturated carbocycles. The molecule has 0 radical (unpaired) electrons. The fraction of sp³-hybridized carbons (Fsp3) is 0.571. The quantitative estimate of drug-likeness (QED) is 0.296. The number of aliphatic hydroxyl groups excluding tert-OH is 1. The van der Waals surface area contributed by atoms with E-state index in [2.05, 4.69) is 15.6 Å². The number of carbonyl (C=O) groups excluding carboxylic acids is 4. The molecule has 3 saturated heterocycles. The molecule has 2 atom stereocenters. The van der Waals surface area contributed by atoms with Crippen molar-refractivity contribution in [1.82, 2.24) is 24.8 Å². The molecule has 0 bridgehead atoms. The van der Waals surface area contributed by atoms with Crippen LogP contribution in [0.1, 0.15) is 39.2 Å². The lowest BCUT2D eigenvalue weighted by Crippen LogP contribution is -2.49. The summed E-state index contributed by atoms with van der Waals surface area (Å²) >= 11 is 6.25. The van der Waals surface area contributed by atoms with Gasteiger partial charge in [0.05, 0.1) is 23.7 Å². The maximum atomic E-state index is 16.0. The van der Waals surface area contributed by atoms with Crippen LogP contribution >= 0.6 is 11.6 Å². The molecule has 0 unspecified atom stereocenters. The molecule has 4 aliphatic rings. The number of anilines is 2. The minimum Gasteiger partial charge on any atom is -0.489 e. The number of likely N-dealkylation sites (tertiary alicyclic amines) is 1. The molecular formula is C35H44ClF2N7O10S. The summed E-state index contributed by atoms with van der Waals surface area (Å²) in [6.45, 7) is 4.28. The van der Waals surface area contributed by atoms with E-state index < -0.39 is 70.2 Å². The zero-order valence-corrected chi connectivity index (χ0v) is 32.6. The van der Waals surface area contributed by atoms with Crippen LogP contribution in [-0.4, -0.2) is 135 Å². The number of hydrogen-bond donors (Lipinski definition) is 3. The first-order valence-electron chi connectivity index (χ1n) is 18.1. The zero-order chi connectivity index (χ0) is 40.6. The summed E-state index contributed by atoms with van der Waals surface area (Å²) in [7, 11) is -4.02. The number of carbonyl (C=O) groups is 4. The Morgan fingerprint density at radius 1 is 1.02 bits per heavy atom. The summed E-state index contributed by atoms with van der Waals surface area (Å²) in [6, 6.07) is 5.99. The van der Waals surface area contributed by atoms with Gasteiger partial charge in [0.15, 0.2) is 6.10 Å². The Balaban J connectivity index is 1.02. The number of amides is 4. The number of rotatable bonds is 10. The number of nitrogens with one attached hydrogen (secondary N) is 2. The SMILES string of the molecule is CC(C)(C)OC(=O)NCC(=O)NCC(=O)N1CCC(C(F)(F)c2cc(Cl)nc(N3CCN(S(=O)(=O)c4ccc5c(c4)OC[C@@H]4[C@H](CO)OC(=O)N54)CC3)c2)CC1. The van der Waals surface area contributed by atoms with Crippen molar-refractivity contribution in [1.29, 1.82) is 0 Å². The lowest BCUT2D eigenvalue weighted by Gasteiger charge is -2.37. The van der Waals surface area contributed by atoms with Crippen molar-refractivity contribution in [3.8, 4) is 5.75 Å². The van der Waals surface area contributed by atoms with Crippen LogP contribution in [0.25, 0.3) is 0 Å². The van der Waals surface area contributed by atoms with Gasteiger partial charge in [-0.15, -0.1) is 0 Å². The molecule has 2 aromatic rings. The maximum Gasteiger partial charge on any atom is 0.415 e. The zero-order valence-electron chi connectivity index (χ0n) is 31.0. The fourth-order valence-electron chi connectivity index (χ4n) is 7.02. The third kappa shape index (κ3) is 8.87. The molecule has 4 amide bonds. The Morgan fingerprint density at radius 2 is 1.71 bits per heavy atom. The van der Waals surface area contributed by atoms with Crippen molar-refractivity contribution < 1.29 is 55.7 Å². The second-order valence-electron chi connectivity index (χ2n) is 14.8. The number of piperidine rings is 1. The van der Waals surface area contributed by atoms with Crippen LogP contribution in [0.2, 0.25) is 5.15 Å². The highest BCUT2D eigenvalue weighted by Crippen LogP contribution is 2.44. The van der Waals surface area contributed by atoms with E-state index in [1.165, 1.54) is 38.4 Å². The van der Waals surface area contributed by atoms with Gasteiger partial charge in [-0.1, -0.05) is 11.6 Å². The summed E-state index contributed by atoms with van der Waals surface area (Å²) in [5.74, 6) is -5.16. The number of hydrogen-bond acceptors (Lipinski definition) is 12. The number of aromatic nitrogens is 1. The van der Waals surface area contributed by atoms with Crippen molar-refractivity contribution in [3.63, 3.8) is 0 Å². The first kappa shape index (κ1) is 41.1. The lowest BCUT2D eigenvalue weighted by atomic mass is 9.86. The first-order chi connectivity index (χ1) is 26.4. The van der Waals surface area contributed by atoms with Crippen LogP contribution in [0, 0.1) is 5.92 Å². The number of sulfonamides is 1. The molecular weight excluding hydrogens is 784 g/mol. The number of aliphatic hydroxyl groups is 1. The number of benzene rings is 1. The largest absolute Gasteiger partial charge is 0.489 e. The number of alkyl carbamates (subject to hydrolysis) is 1. The van der Waals surface area contributed by atoms with E-state index in [4.69, 9.17) is 25.8 Å². The normalized spacial score (nSPS) is 20.8. The number of nitrogens with zero attached hydrogens (tertiary/aromatic N) is 5. The standard InChI is InChI=1S/C35H44ClF2N7O10S/c1-34(2,3)55-32(49)40-17-30(47)39-18-31(48)43-8-6-21(7-9-43)35(37,38)22-14-28(36)41-29(15-22)42-10-12-44(13-11-42)56(51,52)23-4-5-24-26(16-23)53-20-25-27(19-46)54-33(50)45(24)25/h4-5,14-16,21,25,27,46H,6-13,17-20H2,1-3H3,(H,39,47)(H,40,49)/t25-,27+/m1/s1. The fourth-order valence-corrected chi connectivity index (χ4v) is 8.66. The molecule has 1 aromatic heterocycles. The highest BCUT2D eigenvalue weighted by molar-refractivity contribution is 7.89. The number of piperazine rings is 1. The lowest BCUT2D eigenvalue weighted by molar-refractivity contribution is -0.137. The Morgan fingerprint density at radius 3 is 2.38 bits per heavy atom. The smallest absolute Gasteiger partial charge is 0.415 e. The minimum absolute atomic E-state index is 0.0127. The number of ether oxygens (including phenoxy) is 3. The van der Waals surface area contributed by atoms with Crippen LogP contribution in [0.4, 0.5) is 29.9 Å². The molecule has 1 aromatic carbocycles. The van der Waals surface area contributed by atoms with Gasteiger partial charge in [-0.3, -0.25) is 14.5 Å². The third-order valence-electron chi connectivity index (χ3n) is 9.95. The highest BCUT2D eigenvalue weighted by Gasteiger charge is 2.47. The summed E-state index contributed by atoms with van der Waals surface area (Å²) in [5.41, 5.74) is -0.759. The monoisotopic (exact) mass is 827 g/mol. The van der Waals surface area contributed by atoms with Crippen molar-refractivity contribution in [2.75, 3.05) is 75.4 Å². The van der Waals surface area contributed by atoms with E-state index in [0.717, 1.165) is 6.07 Å². The molecule has 0 aliphatic carbocycles. The van der Waals surface area contributed by atoms with Crippen LogP contribution in [0.3, 0.4) is 0 Å². The van der Waals surface area contributed by atoms with Gasteiger partial charge in [0, 0.05) is 56.8 Å². The predicted molar refractivity (Wildman–Crippen MR) is 196 cm³/mol. The highest BCUT2D eigenvalue weighted by atomic mass is 35.5. The average molecular weight is 828 g/mol. The van der Waals surface area contributed by atoms with Gasteiger partial charge in [-0.05, 0) is 57.9 Å². The summed E-state index contributed by atoms with van der Waals surface area (Å²) in [6.07, 6.45) is -2.24. The Kier molecular flexibility index (Phi) is 11.9. The van der Waals surface area contributed by atoms with E-state index in [9.17, 15) is 32.7 Å². The van der Waals surface area contributed by atoms with Gasteiger partial charge in [0.2, 0.25) is 21.8 Å². The topological polar surface area (TPSA) is 200 Å². The summed E-state index contributed by atoms with van der Waals surface area (Å²) < 4.78 is 76.6. The molecule has 21 heteroatoms. The van der Waals surface area contributed by atoms with Gasteiger partial charge < -0.3 is 39.8 Å². The predicted octanol–water partition coefficient (Wildman–Crippen LogP) is 2.30.